The summed E-state index contributed by atoms with van der Waals surface area (Å²) in [6.45, 7) is 1.50. The molecule has 0 heterocycles. The zero-order valence-corrected chi connectivity index (χ0v) is 11.2. The highest BCUT2D eigenvalue weighted by Gasteiger charge is 2.14. The normalized spacial score (nSPS) is 10.2. The van der Waals surface area contributed by atoms with Crippen molar-refractivity contribution < 1.29 is 4.79 Å². The summed E-state index contributed by atoms with van der Waals surface area (Å²) in [6, 6.07) is 14.4. The van der Waals surface area contributed by atoms with Crippen LogP contribution in [0.15, 0.2) is 48.5 Å². The van der Waals surface area contributed by atoms with E-state index < -0.39 is 0 Å². The molecule has 0 aromatic heterocycles. The van der Waals surface area contributed by atoms with Crippen molar-refractivity contribution >= 4 is 40.5 Å². The molecule has 1 amide bonds. The molecule has 2 nitrogen and oxygen atoms in total. The number of carbonyl (C=O) groups is 1. The second-order valence-corrected chi connectivity index (χ2v) is 4.69. The third-order valence-corrected chi connectivity index (χ3v) is 2.87. The molecule has 0 bridgehead atoms. The van der Waals surface area contributed by atoms with E-state index in [2.05, 4.69) is 0 Å². The summed E-state index contributed by atoms with van der Waals surface area (Å²) >= 11 is 11.9. The first-order valence-electron chi connectivity index (χ1n) is 5.40. The van der Waals surface area contributed by atoms with E-state index in [-0.39, 0.29) is 5.91 Å². The van der Waals surface area contributed by atoms with Gasteiger partial charge in [-0.15, -0.1) is 0 Å². The number of anilines is 2. The Morgan fingerprint density at radius 2 is 1.50 bits per heavy atom. The summed E-state index contributed by atoms with van der Waals surface area (Å²) in [5.74, 6) is -0.0977. The van der Waals surface area contributed by atoms with Gasteiger partial charge >= 0.3 is 0 Å². The molecular formula is C14H11Cl2NO. The Labute approximate surface area is 116 Å². The summed E-state index contributed by atoms with van der Waals surface area (Å²) in [5, 5.41) is 0.999. The van der Waals surface area contributed by atoms with Crippen LogP contribution in [0.1, 0.15) is 6.92 Å². The lowest BCUT2D eigenvalue weighted by atomic mass is 10.2. The molecule has 92 valence electrons. The largest absolute Gasteiger partial charge is 0.281 e. The topological polar surface area (TPSA) is 20.3 Å². The van der Waals surface area contributed by atoms with Crippen molar-refractivity contribution in [3.05, 3.63) is 58.6 Å². The first-order chi connectivity index (χ1) is 8.58. The number of carbonyl (C=O) groups excluding carboxylic acids is 1. The molecular weight excluding hydrogens is 269 g/mol. The summed E-state index contributed by atoms with van der Waals surface area (Å²) in [5.41, 5.74) is 1.44. The molecule has 2 aromatic carbocycles. The van der Waals surface area contributed by atoms with Crippen molar-refractivity contribution in [3.63, 3.8) is 0 Å². The highest BCUT2D eigenvalue weighted by atomic mass is 35.5. The fraction of sp³-hybridized carbons (Fsp3) is 0.0714. The van der Waals surface area contributed by atoms with Gasteiger partial charge in [0.15, 0.2) is 0 Å². The van der Waals surface area contributed by atoms with E-state index in [1.807, 2.05) is 30.3 Å². The van der Waals surface area contributed by atoms with Gasteiger partial charge in [0.1, 0.15) is 0 Å². The van der Waals surface area contributed by atoms with Crippen LogP contribution in [0.25, 0.3) is 0 Å². The summed E-state index contributed by atoms with van der Waals surface area (Å²) in [4.78, 5) is 13.4. The molecule has 0 atom stereocenters. The van der Waals surface area contributed by atoms with E-state index >= 15 is 0 Å². The predicted octanol–water partition coefficient (Wildman–Crippen LogP) is 4.68. The van der Waals surface area contributed by atoms with Crippen LogP contribution >= 0.6 is 23.2 Å². The second-order valence-electron chi connectivity index (χ2n) is 3.82. The molecule has 4 heteroatoms. The van der Waals surface area contributed by atoms with E-state index in [0.717, 1.165) is 5.69 Å². The fourth-order valence-electron chi connectivity index (χ4n) is 1.76. The lowest BCUT2D eigenvalue weighted by Crippen LogP contribution is -2.22. The predicted molar refractivity (Wildman–Crippen MR) is 75.7 cm³/mol. The highest BCUT2D eigenvalue weighted by Crippen LogP contribution is 2.30. The molecule has 0 aliphatic carbocycles. The molecule has 0 aliphatic rings. The van der Waals surface area contributed by atoms with Crippen LogP contribution in [0.5, 0.6) is 0 Å². The van der Waals surface area contributed by atoms with Crippen LogP contribution in [-0.4, -0.2) is 5.91 Å². The molecule has 0 spiro atoms. The molecule has 0 aliphatic heterocycles. The SMILES string of the molecule is CC(=O)N(c1ccccc1)c1cc(Cl)cc(Cl)c1. The highest BCUT2D eigenvalue weighted by molar-refractivity contribution is 6.35. The lowest BCUT2D eigenvalue weighted by molar-refractivity contribution is -0.115. The maximum absolute atomic E-state index is 11.8. The Balaban J connectivity index is 2.52. The van der Waals surface area contributed by atoms with Gasteiger partial charge in [-0.3, -0.25) is 9.69 Å². The first kappa shape index (κ1) is 12.9. The van der Waals surface area contributed by atoms with Crippen molar-refractivity contribution in [2.75, 3.05) is 4.90 Å². The average Bonchev–Trinajstić information content (AvgIpc) is 2.28. The van der Waals surface area contributed by atoms with Gasteiger partial charge < -0.3 is 0 Å². The molecule has 0 unspecified atom stereocenters. The van der Waals surface area contributed by atoms with E-state index in [9.17, 15) is 4.79 Å². The Hall–Kier alpha value is -1.51. The van der Waals surface area contributed by atoms with E-state index in [4.69, 9.17) is 23.2 Å². The summed E-state index contributed by atoms with van der Waals surface area (Å²) in [6.07, 6.45) is 0. The van der Waals surface area contributed by atoms with Crippen LogP contribution in [-0.2, 0) is 4.79 Å². The maximum Gasteiger partial charge on any atom is 0.228 e. The fourth-order valence-corrected chi connectivity index (χ4v) is 2.27. The van der Waals surface area contributed by atoms with E-state index in [1.54, 1.807) is 23.1 Å². The number of nitrogens with zero attached hydrogens (tertiary/aromatic N) is 1. The van der Waals surface area contributed by atoms with Gasteiger partial charge in [0, 0.05) is 22.7 Å². The van der Waals surface area contributed by atoms with Crippen LogP contribution in [0.4, 0.5) is 11.4 Å². The van der Waals surface area contributed by atoms with Crippen LogP contribution in [0.3, 0.4) is 0 Å². The van der Waals surface area contributed by atoms with Crippen molar-refractivity contribution in [1.82, 2.24) is 0 Å². The van der Waals surface area contributed by atoms with Gasteiger partial charge in [0.2, 0.25) is 5.91 Å². The van der Waals surface area contributed by atoms with Crippen LogP contribution in [0, 0.1) is 0 Å². The van der Waals surface area contributed by atoms with Gasteiger partial charge in [0.25, 0.3) is 0 Å². The van der Waals surface area contributed by atoms with Gasteiger partial charge in [-0.25, -0.2) is 0 Å². The van der Waals surface area contributed by atoms with Crippen molar-refractivity contribution in [2.24, 2.45) is 0 Å². The maximum atomic E-state index is 11.8. The quantitative estimate of drug-likeness (QED) is 0.782. The van der Waals surface area contributed by atoms with Gasteiger partial charge in [-0.05, 0) is 30.3 Å². The Kier molecular flexibility index (Phi) is 3.90. The Bertz CT molecular complexity index is 549. The molecule has 18 heavy (non-hydrogen) atoms. The van der Waals surface area contributed by atoms with Crippen molar-refractivity contribution in [3.8, 4) is 0 Å². The van der Waals surface area contributed by atoms with Gasteiger partial charge in [0.05, 0.1) is 5.69 Å². The van der Waals surface area contributed by atoms with E-state index in [1.165, 1.54) is 6.92 Å². The summed E-state index contributed by atoms with van der Waals surface area (Å²) in [7, 11) is 0. The minimum absolute atomic E-state index is 0.0977. The molecule has 0 saturated heterocycles. The lowest BCUT2D eigenvalue weighted by Gasteiger charge is -2.21. The number of benzene rings is 2. The molecule has 2 rings (SSSR count). The number of para-hydroxylation sites is 1. The number of hydrogen-bond acceptors (Lipinski definition) is 1. The standard InChI is InChI=1S/C14H11Cl2NO/c1-10(18)17(13-5-3-2-4-6-13)14-8-11(15)7-12(16)9-14/h2-9H,1H3. The molecule has 2 aromatic rings. The average molecular weight is 280 g/mol. The zero-order valence-electron chi connectivity index (χ0n) is 9.73. The molecule has 0 N–H and O–H groups in total. The zero-order chi connectivity index (χ0) is 13.1. The smallest absolute Gasteiger partial charge is 0.228 e. The van der Waals surface area contributed by atoms with Gasteiger partial charge in [-0.2, -0.15) is 0 Å². The number of amides is 1. The van der Waals surface area contributed by atoms with Crippen LogP contribution in [0.2, 0.25) is 10.0 Å². The number of hydrogen-bond donors (Lipinski definition) is 0. The number of rotatable bonds is 2. The third-order valence-electron chi connectivity index (χ3n) is 2.43. The molecule has 0 saturated carbocycles. The Morgan fingerprint density at radius 3 is 2.00 bits per heavy atom. The number of halogens is 2. The minimum Gasteiger partial charge on any atom is -0.281 e. The van der Waals surface area contributed by atoms with E-state index in [0.29, 0.717) is 15.7 Å². The molecule has 0 radical (unpaired) electrons. The summed E-state index contributed by atoms with van der Waals surface area (Å²) < 4.78 is 0. The van der Waals surface area contributed by atoms with Crippen LogP contribution < -0.4 is 4.90 Å². The van der Waals surface area contributed by atoms with Gasteiger partial charge in [-0.1, -0.05) is 41.4 Å². The Morgan fingerprint density at radius 1 is 0.944 bits per heavy atom. The minimum atomic E-state index is -0.0977. The monoisotopic (exact) mass is 279 g/mol. The second kappa shape index (κ2) is 5.42. The van der Waals surface area contributed by atoms with Crippen molar-refractivity contribution in [2.45, 2.75) is 6.92 Å². The third kappa shape index (κ3) is 2.84. The van der Waals surface area contributed by atoms with Crippen molar-refractivity contribution in [1.29, 1.82) is 0 Å². The first-order valence-corrected chi connectivity index (χ1v) is 6.15. The molecule has 0 fully saturated rings.